The highest BCUT2D eigenvalue weighted by Gasteiger charge is 2.57. The van der Waals surface area contributed by atoms with E-state index in [9.17, 15) is 18.0 Å². The van der Waals surface area contributed by atoms with E-state index in [1.54, 1.807) is 24.0 Å². The molecule has 2 aliphatic rings. The lowest BCUT2D eigenvalue weighted by Gasteiger charge is -2.43. The summed E-state index contributed by atoms with van der Waals surface area (Å²) in [5, 5.41) is 0. The van der Waals surface area contributed by atoms with Crippen molar-refractivity contribution < 1.29 is 45.9 Å². The first-order valence-corrected chi connectivity index (χ1v) is 15.6. The molecule has 11 nitrogen and oxygen atoms in total. The van der Waals surface area contributed by atoms with Crippen LogP contribution in [-0.4, -0.2) is 83.0 Å². The fourth-order valence-electron chi connectivity index (χ4n) is 5.07. The van der Waals surface area contributed by atoms with Crippen LogP contribution in [0.2, 0.25) is 0 Å². The van der Waals surface area contributed by atoms with E-state index in [0.29, 0.717) is 32.3 Å². The average Bonchev–Trinajstić information content (AvgIpc) is 3.30. The van der Waals surface area contributed by atoms with Gasteiger partial charge in [-0.05, 0) is 44.4 Å². The maximum Gasteiger partial charge on any atom is 0.411 e. The Hall–Kier alpha value is -3.03. The molecule has 0 radical (unpaired) electrons. The van der Waals surface area contributed by atoms with Crippen molar-refractivity contribution in [3.8, 4) is 0 Å². The monoisotopic (exact) mass is 605 g/mol. The predicted octanol–water partition coefficient (Wildman–Crippen LogP) is 3.97. The molecule has 42 heavy (non-hydrogen) atoms. The van der Waals surface area contributed by atoms with E-state index in [1.807, 2.05) is 37.3 Å². The van der Waals surface area contributed by atoms with E-state index in [1.165, 1.54) is 19.2 Å². The topological polar surface area (TPSA) is 127 Å². The maximum atomic E-state index is 13.1. The molecule has 1 amide bonds. The van der Waals surface area contributed by atoms with Crippen LogP contribution < -0.4 is 0 Å². The summed E-state index contributed by atoms with van der Waals surface area (Å²) in [4.78, 5) is 26.3. The van der Waals surface area contributed by atoms with Crippen LogP contribution in [0.1, 0.15) is 43.7 Å². The van der Waals surface area contributed by atoms with Gasteiger partial charge in [0.1, 0.15) is 18.2 Å². The second kappa shape index (κ2) is 14.9. The quantitative estimate of drug-likeness (QED) is 0.167. The van der Waals surface area contributed by atoms with Gasteiger partial charge < -0.3 is 23.7 Å². The number of methoxy groups -OCH3 is 1. The zero-order valence-electron chi connectivity index (χ0n) is 24.2. The second-order valence-electron chi connectivity index (χ2n) is 10.2. The summed E-state index contributed by atoms with van der Waals surface area (Å²) < 4.78 is 60.1. The Morgan fingerprint density at radius 3 is 2.45 bits per heavy atom. The van der Waals surface area contributed by atoms with Crippen LogP contribution in [0, 0.1) is 6.92 Å². The lowest BCUT2D eigenvalue weighted by atomic mass is 9.96. The molecule has 0 aliphatic carbocycles. The van der Waals surface area contributed by atoms with E-state index < -0.39 is 46.9 Å². The van der Waals surface area contributed by atoms with Gasteiger partial charge in [0.15, 0.2) is 12.4 Å². The van der Waals surface area contributed by atoms with Crippen LogP contribution >= 0.6 is 0 Å². The number of amides is 1. The Morgan fingerprint density at radius 2 is 1.76 bits per heavy atom. The van der Waals surface area contributed by atoms with Gasteiger partial charge >= 0.3 is 12.1 Å². The number of aryl methyl sites for hydroxylation is 1. The summed E-state index contributed by atoms with van der Waals surface area (Å²) in [7, 11) is -2.64. The van der Waals surface area contributed by atoms with Crippen molar-refractivity contribution in [3.63, 3.8) is 0 Å². The van der Waals surface area contributed by atoms with Crippen LogP contribution in [0.25, 0.3) is 0 Å². The molecule has 0 N–H and O–H groups in total. The first-order valence-electron chi connectivity index (χ1n) is 14.2. The summed E-state index contributed by atoms with van der Waals surface area (Å²) in [5.74, 6) is -0.240. The van der Waals surface area contributed by atoms with Gasteiger partial charge in [0.05, 0.1) is 18.1 Å². The highest BCUT2D eigenvalue weighted by atomic mass is 32.2. The van der Waals surface area contributed by atoms with Crippen molar-refractivity contribution in [1.29, 1.82) is 0 Å². The van der Waals surface area contributed by atoms with Gasteiger partial charge in [-0.2, -0.15) is 8.42 Å². The first-order chi connectivity index (χ1) is 20.2. The molecule has 12 heteroatoms. The van der Waals surface area contributed by atoms with E-state index in [2.05, 4.69) is 0 Å². The second-order valence-corrected chi connectivity index (χ2v) is 11.8. The predicted molar refractivity (Wildman–Crippen MR) is 151 cm³/mol. The molecule has 230 valence electrons. The maximum absolute atomic E-state index is 13.1. The lowest BCUT2D eigenvalue weighted by Crippen LogP contribution is -2.61. The van der Waals surface area contributed by atoms with Gasteiger partial charge in [0.2, 0.25) is 0 Å². The van der Waals surface area contributed by atoms with Gasteiger partial charge in [-0.1, -0.05) is 54.4 Å². The Morgan fingerprint density at radius 1 is 1.02 bits per heavy atom. The molecule has 0 spiro atoms. The number of carbonyl (C=O) groups is 2. The summed E-state index contributed by atoms with van der Waals surface area (Å²) in [5.41, 5.74) is 1.82. The molecule has 0 unspecified atom stereocenters. The van der Waals surface area contributed by atoms with Crippen LogP contribution in [0.15, 0.2) is 59.5 Å². The van der Waals surface area contributed by atoms with E-state index >= 15 is 0 Å². The molecule has 2 aromatic rings. The normalized spacial score (nSPS) is 23.8. The Labute approximate surface area is 247 Å². The minimum atomic E-state index is -4.09. The summed E-state index contributed by atoms with van der Waals surface area (Å²) in [6, 6.07) is 15.2. The number of carbonyl (C=O) groups excluding carboxylic acids is 2. The Kier molecular flexibility index (Phi) is 11.3. The molecule has 2 fully saturated rings. The highest BCUT2D eigenvalue weighted by Crippen LogP contribution is 2.36. The minimum Gasteiger partial charge on any atom is -0.466 e. The van der Waals surface area contributed by atoms with Crippen LogP contribution in [0.4, 0.5) is 4.79 Å². The largest absolute Gasteiger partial charge is 0.466 e. The van der Waals surface area contributed by atoms with Gasteiger partial charge in [0, 0.05) is 26.7 Å². The highest BCUT2D eigenvalue weighted by molar-refractivity contribution is 7.86. The third-order valence-corrected chi connectivity index (χ3v) is 8.51. The van der Waals surface area contributed by atoms with Crippen molar-refractivity contribution in [2.45, 2.75) is 81.6 Å². The third kappa shape index (κ3) is 8.07. The molecule has 2 aliphatic heterocycles. The minimum absolute atomic E-state index is 0.0190. The number of hydrogen-bond acceptors (Lipinski definition) is 10. The molecular weight excluding hydrogens is 566 g/mol. The summed E-state index contributed by atoms with van der Waals surface area (Å²) in [6.45, 7) is 4.14. The van der Waals surface area contributed by atoms with Crippen molar-refractivity contribution in [2.75, 3.05) is 26.9 Å². The van der Waals surface area contributed by atoms with Crippen molar-refractivity contribution in [2.24, 2.45) is 0 Å². The molecule has 0 aromatic heterocycles. The van der Waals surface area contributed by atoms with Gasteiger partial charge in [-0.15, -0.1) is 0 Å². The molecule has 2 saturated heterocycles. The van der Waals surface area contributed by atoms with Gasteiger partial charge in [-0.3, -0.25) is 13.9 Å². The molecule has 2 aromatic carbocycles. The van der Waals surface area contributed by atoms with Crippen molar-refractivity contribution in [3.05, 3.63) is 65.7 Å². The van der Waals surface area contributed by atoms with Crippen molar-refractivity contribution in [1.82, 2.24) is 4.90 Å². The Balaban J connectivity index is 1.48. The van der Waals surface area contributed by atoms with Crippen LogP contribution in [-0.2, 0) is 49.3 Å². The SMILES string of the molecule is CCOC(=O)CCCCCO[C@H]1[C@@H]2OC(=O)N(Cc3ccccc3)[C@H]2[C@@H](OC)O[C@@H]1COS(=O)(=O)c1ccc(C)cc1. The van der Waals surface area contributed by atoms with E-state index in [0.717, 1.165) is 11.1 Å². The fourth-order valence-corrected chi connectivity index (χ4v) is 5.99. The molecule has 0 bridgehead atoms. The van der Waals surface area contributed by atoms with Crippen LogP contribution in [0.5, 0.6) is 0 Å². The first kappa shape index (κ1) is 31.9. The molecular formula is C30H39NO10S. The molecule has 0 saturated carbocycles. The fraction of sp³-hybridized carbons (Fsp3) is 0.533. The number of fused-ring (bicyclic) bond motifs is 1. The Bertz CT molecular complexity index is 1270. The van der Waals surface area contributed by atoms with Crippen molar-refractivity contribution >= 4 is 22.2 Å². The zero-order chi connectivity index (χ0) is 30.1. The number of esters is 1. The average molecular weight is 606 g/mol. The molecule has 2 heterocycles. The number of benzene rings is 2. The summed E-state index contributed by atoms with van der Waals surface area (Å²) >= 11 is 0. The molecule has 5 atom stereocenters. The lowest BCUT2D eigenvalue weighted by molar-refractivity contribution is -0.266. The number of hydrogen-bond donors (Lipinski definition) is 0. The standard InChI is InChI=1S/C30H39NO10S/c1-4-37-25(32)13-9-6-10-18-38-27-24(20-39-42(34,35)23-16-14-21(2)15-17-23)40-29(36-3)26-28(27)41-30(33)31(26)19-22-11-7-5-8-12-22/h5,7-8,11-12,14-17,24,26-29H,4,6,9-10,13,18-20H2,1-3H3/t24-,26-,27-,28-,29+/m1/s1. The molecule has 4 rings (SSSR count). The van der Waals surface area contributed by atoms with Gasteiger partial charge in [0.25, 0.3) is 10.1 Å². The summed E-state index contributed by atoms with van der Waals surface area (Å²) in [6.07, 6.45) is -1.70. The van der Waals surface area contributed by atoms with Crippen LogP contribution in [0.3, 0.4) is 0 Å². The smallest absolute Gasteiger partial charge is 0.411 e. The third-order valence-electron chi connectivity index (χ3n) is 7.21. The zero-order valence-corrected chi connectivity index (χ0v) is 25.0. The number of rotatable bonds is 15. The number of ether oxygens (including phenoxy) is 5. The number of nitrogens with zero attached hydrogens (tertiary/aromatic N) is 1. The number of unbranched alkanes of at least 4 members (excludes halogenated alkanes) is 2. The van der Waals surface area contributed by atoms with E-state index in [-0.39, 0.29) is 30.6 Å². The van der Waals surface area contributed by atoms with E-state index in [4.69, 9.17) is 27.9 Å². The van der Waals surface area contributed by atoms with Gasteiger partial charge in [-0.25, -0.2) is 4.79 Å².